The Morgan fingerprint density at radius 2 is 1.89 bits per heavy atom. The molecular weight excluding hydrogens is 354 g/mol. The molecule has 2 aromatic carbocycles. The Bertz CT molecular complexity index is 855. The van der Waals surface area contributed by atoms with Gasteiger partial charge in [0.2, 0.25) is 11.8 Å². The Labute approximate surface area is 164 Å². The summed E-state index contributed by atoms with van der Waals surface area (Å²) in [5, 5.41) is 6.40. The molecule has 0 spiro atoms. The van der Waals surface area contributed by atoms with E-state index < -0.39 is 6.04 Å². The minimum atomic E-state index is -0.483. The van der Waals surface area contributed by atoms with Crippen LogP contribution in [0.15, 0.2) is 54.6 Å². The lowest BCUT2D eigenvalue weighted by Gasteiger charge is -2.34. The highest BCUT2D eigenvalue weighted by Crippen LogP contribution is 2.24. The maximum atomic E-state index is 12.9. The normalized spacial score (nSPS) is 24.0. The summed E-state index contributed by atoms with van der Waals surface area (Å²) in [6.07, 6.45) is 1.16. The molecule has 2 N–H and O–H groups in total. The van der Waals surface area contributed by atoms with Gasteiger partial charge >= 0.3 is 0 Å². The fourth-order valence-electron chi connectivity index (χ4n) is 4.04. The van der Waals surface area contributed by atoms with Gasteiger partial charge in [0.25, 0.3) is 0 Å². The molecule has 6 heteroatoms. The van der Waals surface area contributed by atoms with Crippen molar-refractivity contribution < 1.29 is 14.3 Å². The number of nitrogens with zero attached hydrogens (tertiary/aromatic N) is 1. The Morgan fingerprint density at radius 1 is 1.11 bits per heavy atom. The first-order valence-corrected chi connectivity index (χ1v) is 9.65. The van der Waals surface area contributed by atoms with E-state index in [0.717, 1.165) is 16.9 Å². The maximum Gasteiger partial charge on any atom is 0.246 e. The summed E-state index contributed by atoms with van der Waals surface area (Å²) >= 11 is 0. The SMILES string of the molecule is COc1cccc(CN[C@H]2C[C@H]3C(=O)N[C@@H](Cc4ccccc4)C(=O)N3C2)c1. The van der Waals surface area contributed by atoms with E-state index in [4.69, 9.17) is 4.74 Å². The van der Waals surface area contributed by atoms with Crippen molar-refractivity contribution in [2.75, 3.05) is 13.7 Å². The Kier molecular flexibility index (Phi) is 5.30. The molecule has 2 heterocycles. The van der Waals surface area contributed by atoms with Gasteiger partial charge in [0.05, 0.1) is 7.11 Å². The van der Waals surface area contributed by atoms with E-state index in [1.165, 1.54) is 0 Å². The van der Waals surface area contributed by atoms with Crippen molar-refractivity contribution in [2.45, 2.75) is 37.5 Å². The number of carbonyl (C=O) groups excluding carboxylic acids is 2. The summed E-state index contributed by atoms with van der Waals surface area (Å²) in [6, 6.07) is 16.9. The smallest absolute Gasteiger partial charge is 0.246 e. The van der Waals surface area contributed by atoms with Crippen LogP contribution < -0.4 is 15.4 Å². The van der Waals surface area contributed by atoms with E-state index in [-0.39, 0.29) is 23.9 Å². The summed E-state index contributed by atoms with van der Waals surface area (Å²) in [5.41, 5.74) is 2.16. The molecule has 0 saturated carbocycles. The molecule has 0 aromatic heterocycles. The van der Waals surface area contributed by atoms with E-state index >= 15 is 0 Å². The Balaban J connectivity index is 1.38. The van der Waals surface area contributed by atoms with Crippen LogP contribution >= 0.6 is 0 Å². The fourth-order valence-corrected chi connectivity index (χ4v) is 4.04. The molecule has 4 rings (SSSR count). The van der Waals surface area contributed by atoms with Crippen LogP contribution in [0.4, 0.5) is 0 Å². The zero-order valence-corrected chi connectivity index (χ0v) is 15.9. The van der Waals surface area contributed by atoms with E-state index in [9.17, 15) is 9.59 Å². The van der Waals surface area contributed by atoms with Crippen LogP contribution in [0.1, 0.15) is 17.5 Å². The number of hydrogen-bond acceptors (Lipinski definition) is 4. The number of hydrogen-bond donors (Lipinski definition) is 2. The van der Waals surface area contributed by atoms with Crippen molar-refractivity contribution in [1.29, 1.82) is 0 Å². The van der Waals surface area contributed by atoms with Crippen molar-refractivity contribution in [3.8, 4) is 5.75 Å². The predicted octanol–water partition coefficient (Wildman–Crippen LogP) is 1.50. The molecule has 6 nitrogen and oxygen atoms in total. The van der Waals surface area contributed by atoms with Gasteiger partial charge in [-0.3, -0.25) is 9.59 Å². The molecule has 0 radical (unpaired) electrons. The standard InChI is InChI=1S/C22H25N3O3/c1-28-18-9-5-8-16(10-18)13-23-17-12-20-21(26)24-19(22(27)25(20)14-17)11-15-6-3-2-4-7-15/h2-10,17,19-20,23H,11-14H2,1H3,(H,24,26)/t17-,19-,20-/m0/s1. The molecule has 2 aromatic rings. The average Bonchev–Trinajstić information content (AvgIpc) is 3.16. The van der Waals surface area contributed by atoms with E-state index in [1.807, 2.05) is 54.6 Å². The monoisotopic (exact) mass is 379 g/mol. The van der Waals surface area contributed by atoms with Crippen LogP contribution in [-0.4, -0.2) is 48.5 Å². The number of piperazine rings is 1. The Morgan fingerprint density at radius 3 is 2.68 bits per heavy atom. The highest BCUT2D eigenvalue weighted by molar-refractivity contribution is 5.97. The minimum Gasteiger partial charge on any atom is -0.497 e. The Hall–Kier alpha value is -2.86. The molecular formula is C22H25N3O3. The van der Waals surface area contributed by atoms with Crippen molar-refractivity contribution in [3.63, 3.8) is 0 Å². The molecule has 2 amide bonds. The third-order valence-corrected chi connectivity index (χ3v) is 5.51. The van der Waals surface area contributed by atoms with E-state index in [0.29, 0.717) is 25.9 Å². The first kappa shape index (κ1) is 18.5. The molecule has 0 bridgehead atoms. The molecule has 28 heavy (non-hydrogen) atoms. The second-order valence-electron chi connectivity index (χ2n) is 7.42. The average molecular weight is 379 g/mol. The second-order valence-corrected chi connectivity index (χ2v) is 7.42. The fraction of sp³-hybridized carbons (Fsp3) is 0.364. The summed E-state index contributed by atoms with van der Waals surface area (Å²) in [7, 11) is 1.65. The lowest BCUT2D eigenvalue weighted by atomic mass is 10.0. The summed E-state index contributed by atoms with van der Waals surface area (Å²) in [6.45, 7) is 1.23. The van der Waals surface area contributed by atoms with Crippen molar-refractivity contribution >= 4 is 11.8 Å². The first-order valence-electron chi connectivity index (χ1n) is 9.65. The highest BCUT2D eigenvalue weighted by Gasteiger charge is 2.46. The minimum absolute atomic E-state index is 0.0131. The molecule has 146 valence electrons. The van der Waals surface area contributed by atoms with Gasteiger partial charge in [0.15, 0.2) is 0 Å². The zero-order valence-electron chi connectivity index (χ0n) is 15.9. The third kappa shape index (κ3) is 3.87. The molecule has 2 fully saturated rings. The summed E-state index contributed by atoms with van der Waals surface area (Å²) < 4.78 is 5.26. The maximum absolute atomic E-state index is 12.9. The zero-order chi connectivity index (χ0) is 19.5. The number of nitrogens with one attached hydrogen (secondary N) is 2. The number of fused-ring (bicyclic) bond motifs is 1. The number of methoxy groups -OCH3 is 1. The number of amides is 2. The van der Waals surface area contributed by atoms with Gasteiger partial charge in [-0.1, -0.05) is 42.5 Å². The summed E-state index contributed by atoms with van der Waals surface area (Å²) in [4.78, 5) is 27.2. The van der Waals surface area contributed by atoms with Crippen LogP contribution in [0.25, 0.3) is 0 Å². The predicted molar refractivity (Wildman–Crippen MR) is 106 cm³/mol. The molecule has 2 saturated heterocycles. The topological polar surface area (TPSA) is 70.7 Å². The number of rotatable bonds is 6. The molecule has 2 aliphatic rings. The van der Waals surface area contributed by atoms with Crippen LogP contribution in [0.3, 0.4) is 0 Å². The molecule has 0 unspecified atom stereocenters. The lowest BCUT2D eigenvalue weighted by molar-refractivity contribution is -0.147. The second kappa shape index (κ2) is 8.02. The van der Waals surface area contributed by atoms with E-state index in [1.54, 1.807) is 12.0 Å². The van der Waals surface area contributed by atoms with Crippen LogP contribution in [-0.2, 0) is 22.6 Å². The van der Waals surface area contributed by atoms with Crippen molar-refractivity contribution in [1.82, 2.24) is 15.5 Å². The number of carbonyl (C=O) groups is 2. The number of benzene rings is 2. The van der Waals surface area contributed by atoms with Gasteiger partial charge in [0.1, 0.15) is 17.8 Å². The quantitative estimate of drug-likeness (QED) is 0.798. The van der Waals surface area contributed by atoms with Gasteiger partial charge in [-0.15, -0.1) is 0 Å². The van der Waals surface area contributed by atoms with Crippen LogP contribution in [0, 0.1) is 0 Å². The van der Waals surface area contributed by atoms with E-state index in [2.05, 4.69) is 10.6 Å². The van der Waals surface area contributed by atoms with Gasteiger partial charge in [-0.2, -0.15) is 0 Å². The summed E-state index contributed by atoms with van der Waals surface area (Å²) in [5.74, 6) is 0.784. The van der Waals surface area contributed by atoms with Crippen LogP contribution in [0.5, 0.6) is 5.75 Å². The first-order chi connectivity index (χ1) is 13.6. The third-order valence-electron chi connectivity index (χ3n) is 5.51. The lowest BCUT2D eigenvalue weighted by Crippen LogP contribution is -2.61. The van der Waals surface area contributed by atoms with Gasteiger partial charge in [-0.25, -0.2) is 0 Å². The van der Waals surface area contributed by atoms with Crippen molar-refractivity contribution in [2.24, 2.45) is 0 Å². The van der Waals surface area contributed by atoms with Crippen LogP contribution in [0.2, 0.25) is 0 Å². The molecule has 2 aliphatic heterocycles. The molecule has 3 atom stereocenters. The van der Waals surface area contributed by atoms with Gasteiger partial charge in [-0.05, 0) is 29.7 Å². The van der Waals surface area contributed by atoms with Gasteiger partial charge in [0, 0.05) is 25.6 Å². The number of ether oxygens (including phenoxy) is 1. The van der Waals surface area contributed by atoms with Crippen molar-refractivity contribution in [3.05, 3.63) is 65.7 Å². The largest absolute Gasteiger partial charge is 0.497 e. The molecule has 0 aliphatic carbocycles. The highest BCUT2D eigenvalue weighted by atomic mass is 16.5. The van der Waals surface area contributed by atoms with Gasteiger partial charge < -0.3 is 20.3 Å².